The molecule has 0 aromatic carbocycles. The molecule has 1 aromatic heterocycles. The first-order valence-electron chi connectivity index (χ1n) is 8.11. The molecule has 2 aliphatic rings. The number of carbonyl (C=O) groups excluding carboxylic acids is 1. The SMILES string of the molecule is CCC1CN(C(=O)c2cc(C3CC3)no2)CCN1C(C)C. The lowest BCUT2D eigenvalue weighted by Crippen LogP contribution is -2.56. The molecule has 5 nitrogen and oxygen atoms in total. The van der Waals surface area contributed by atoms with Gasteiger partial charge in [0.05, 0.1) is 5.69 Å². The van der Waals surface area contributed by atoms with Crippen molar-refractivity contribution in [2.45, 2.75) is 58.0 Å². The van der Waals surface area contributed by atoms with Gasteiger partial charge in [0, 0.05) is 43.7 Å². The molecule has 1 atom stereocenters. The van der Waals surface area contributed by atoms with E-state index in [9.17, 15) is 4.79 Å². The Hall–Kier alpha value is -1.36. The second kappa shape index (κ2) is 5.79. The van der Waals surface area contributed by atoms with Gasteiger partial charge in [-0.05, 0) is 33.1 Å². The van der Waals surface area contributed by atoms with Crippen molar-refractivity contribution in [3.8, 4) is 0 Å². The Morgan fingerprint density at radius 3 is 2.81 bits per heavy atom. The minimum atomic E-state index is -0.00347. The van der Waals surface area contributed by atoms with Crippen LogP contribution in [-0.4, -0.2) is 52.6 Å². The van der Waals surface area contributed by atoms with Crippen LogP contribution in [0.1, 0.15) is 62.2 Å². The summed E-state index contributed by atoms with van der Waals surface area (Å²) in [5, 5.41) is 4.04. The Bertz CT molecular complexity index is 507. The number of piperazine rings is 1. The van der Waals surface area contributed by atoms with Crippen LogP contribution >= 0.6 is 0 Å². The zero-order chi connectivity index (χ0) is 15.0. The van der Waals surface area contributed by atoms with Gasteiger partial charge in [0.15, 0.2) is 0 Å². The molecule has 21 heavy (non-hydrogen) atoms. The highest BCUT2D eigenvalue weighted by molar-refractivity contribution is 5.91. The molecule has 2 heterocycles. The van der Waals surface area contributed by atoms with Crippen LogP contribution in [-0.2, 0) is 0 Å². The van der Waals surface area contributed by atoms with E-state index >= 15 is 0 Å². The fraction of sp³-hybridized carbons (Fsp3) is 0.750. The van der Waals surface area contributed by atoms with E-state index in [1.165, 1.54) is 12.8 Å². The Kier molecular flexibility index (Phi) is 4.02. The van der Waals surface area contributed by atoms with Gasteiger partial charge < -0.3 is 9.42 Å². The van der Waals surface area contributed by atoms with Crippen LogP contribution in [0.2, 0.25) is 0 Å². The van der Waals surface area contributed by atoms with Crippen molar-refractivity contribution in [2.75, 3.05) is 19.6 Å². The maximum Gasteiger partial charge on any atom is 0.292 e. The first-order valence-corrected chi connectivity index (χ1v) is 8.11. The summed E-state index contributed by atoms with van der Waals surface area (Å²) < 4.78 is 5.27. The van der Waals surface area contributed by atoms with E-state index in [0.717, 1.165) is 31.7 Å². The number of aromatic nitrogens is 1. The Balaban J connectivity index is 1.67. The molecule has 3 rings (SSSR count). The summed E-state index contributed by atoms with van der Waals surface area (Å²) >= 11 is 0. The van der Waals surface area contributed by atoms with Gasteiger partial charge in [-0.1, -0.05) is 12.1 Å². The number of hydrogen-bond acceptors (Lipinski definition) is 4. The molecular weight excluding hydrogens is 266 g/mol. The average molecular weight is 291 g/mol. The zero-order valence-electron chi connectivity index (χ0n) is 13.2. The molecule has 0 spiro atoms. The summed E-state index contributed by atoms with van der Waals surface area (Å²) in [6, 6.07) is 2.81. The number of carbonyl (C=O) groups is 1. The van der Waals surface area contributed by atoms with Crippen molar-refractivity contribution in [3.63, 3.8) is 0 Å². The Morgan fingerprint density at radius 1 is 1.43 bits per heavy atom. The van der Waals surface area contributed by atoms with Crippen molar-refractivity contribution in [1.29, 1.82) is 0 Å². The van der Waals surface area contributed by atoms with Crippen LogP contribution in [0.15, 0.2) is 10.6 Å². The van der Waals surface area contributed by atoms with Crippen molar-refractivity contribution in [1.82, 2.24) is 15.0 Å². The first kappa shape index (κ1) is 14.6. The minimum absolute atomic E-state index is 0.00347. The quantitative estimate of drug-likeness (QED) is 0.855. The molecule has 5 heteroatoms. The normalized spacial score (nSPS) is 23.8. The van der Waals surface area contributed by atoms with Gasteiger partial charge in [-0.3, -0.25) is 9.69 Å². The van der Waals surface area contributed by atoms with Crippen LogP contribution in [0.5, 0.6) is 0 Å². The van der Waals surface area contributed by atoms with Crippen LogP contribution < -0.4 is 0 Å². The molecule has 1 aromatic rings. The Morgan fingerprint density at radius 2 is 2.19 bits per heavy atom. The topological polar surface area (TPSA) is 49.6 Å². The molecule has 0 radical (unpaired) electrons. The van der Waals surface area contributed by atoms with Gasteiger partial charge in [-0.2, -0.15) is 0 Å². The number of rotatable bonds is 4. The molecule has 116 valence electrons. The highest BCUT2D eigenvalue weighted by Gasteiger charge is 2.33. The highest BCUT2D eigenvalue weighted by Crippen LogP contribution is 2.39. The smallest absolute Gasteiger partial charge is 0.292 e. The lowest BCUT2D eigenvalue weighted by atomic mass is 10.1. The molecule has 2 fully saturated rings. The number of amides is 1. The van der Waals surface area contributed by atoms with Gasteiger partial charge in [-0.25, -0.2) is 0 Å². The van der Waals surface area contributed by atoms with Gasteiger partial charge >= 0.3 is 0 Å². The van der Waals surface area contributed by atoms with Gasteiger partial charge in [0.2, 0.25) is 5.76 Å². The van der Waals surface area contributed by atoms with Crippen LogP contribution in [0, 0.1) is 0 Å². The molecule has 1 aliphatic heterocycles. The van der Waals surface area contributed by atoms with Gasteiger partial charge in [0.25, 0.3) is 5.91 Å². The third kappa shape index (κ3) is 2.98. The first-order chi connectivity index (χ1) is 10.1. The molecule has 0 N–H and O–H groups in total. The lowest BCUT2D eigenvalue weighted by Gasteiger charge is -2.43. The third-order valence-electron chi connectivity index (χ3n) is 4.68. The van der Waals surface area contributed by atoms with E-state index in [1.54, 1.807) is 0 Å². The van der Waals surface area contributed by atoms with E-state index < -0.39 is 0 Å². The molecule has 1 aliphatic carbocycles. The number of nitrogens with zero attached hydrogens (tertiary/aromatic N) is 3. The molecular formula is C16H25N3O2. The van der Waals surface area contributed by atoms with E-state index in [2.05, 4.69) is 30.8 Å². The lowest BCUT2D eigenvalue weighted by molar-refractivity contribution is 0.0343. The maximum atomic E-state index is 12.6. The molecule has 1 saturated carbocycles. The van der Waals surface area contributed by atoms with E-state index in [1.807, 2.05) is 11.0 Å². The number of hydrogen-bond donors (Lipinski definition) is 0. The molecule has 1 amide bonds. The standard InChI is InChI=1S/C16H25N3O2/c1-4-13-10-18(7-8-19(13)11(2)3)16(20)15-9-14(17-21-15)12-5-6-12/h9,11-13H,4-8,10H2,1-3H3. The average Bonchev–Trinajstić information content (AvgIpc) is 3.23. The third-order valence-corrected chi connectivity index (χ3v) is 4.68. The zero-order valence-corrected chi connectivity index (χ0v) is 13.2. The molecule has 0 bridgehead atoms. The van der Waals surface area contributed by atoms with Crippen LogP contribution in [0.25, 0.3) is 0 Å². The summed E-state index contributed by atoms with van der Waals surface area (Å²) in [4.78, 5) is 17.0. The second-order valence-electron chi connectivity index (χ2n) is 6.54. The van der Waals surface area contributed by atoms with Crippen LogP contribution in [0.3, 0.4) is 0 Å². The van der Waals surface area contributed by atoms with Gasteiger partial charge in [-0.15, -0.1) is 0 Å². The molecule has 1 saturated heterocycles. The maximum absolute atomic E-state index is 12.6. The van der Waals surface area contributed by atoms with Crippen molar-refractivity contribution >= 4 is 5.91 Å². The Labute approximate surface area is 126 Å². The minimum Gasteiger partial charge on any atom is -0.351 e. The predicted molar refractivity (Wildman–Crippen MR) is 80.3 cm³/mol. The fourth-order valence-electron chi connectivity index (χ4n) is 3.21. The monoisotopic (exact) mass is 291 g/mol. The summed E-state index contributed by atoms with van der Waals surface area (Å²) in [6.07, 6.45) is 3.40. The van der Waals surface area contributed by atoms with Crippen molar-refractivity contribution in [2.24, 2.45) is 0 Å². The van der Waals surface area contributed by atoms with Crippen molar-refractivity contribution in [3.05, 3.63) is 17.5 Å². The predicted octanol–water partition coefficient (Wildman–Crippen LogP) is 2.50. The fourth-order valence-corrected chi connectivity index (χ4v) is 3.21. The van der Waals surface area contributed by atoms with E-state index in [0.29, 0.717) is 23.8 Å². The second-order valence-corrected chi connectivity index (χ2v) is 6.54. The largest absolute Gasteiger partial charge is 0.351 e. The summed E-state index contributed by atoms with van der Waals surface area (Å²) in [6.45, 7) is 9.12. The van der Waals surface area contributed by atoms with Crippen LogP contribution in [0.4, 0.5) is 0 Å². The van der Waals surface area contributed by atoms with Gasteiger partial charge in [0.1, 0.15) is 0 Å². The van der Waals surface area contributed by atoms with E-state index in [4.69, 9.17) is 4.52 Å². The van der Waals surface area contributed by atoms with E-state index in [-0.39, 0.29) is 5.91 Å². The summed E-state index contributed by atoms with van der Waals surface area (Å²) in [5.74, 6) is 0.928. The highest BCUT2D eigenvalue weighted by atomic mass is 16.5. The molecule has 1 unspecified atom stereocenters. The summed E-state index contributed by atoms with van der Waals surface area (Å²) in [7, 11) is 0. The summed E-state index contributed by atoms with van der Waals surface area (Å²) in [5.41, 5.74) is 0.950. The van der Waals surface area contributed by atoms with Crippen molar-refractivity contribution < 1.29 is 9.32 Å².